The first-order valence-corrected chi connectivity index (χ1v) is 13.7. The van der Waals surface area contributed by atoms with Crippen LogP contribution in [0.15, 0.2) is 140 Å². The van der Waals surface area contributed by atoms with Gasteiger partial charge in [0.25, 0.3) is 0 Å². The SMILES string of the molecule is Cc1cnc(-c2[c-]cccc2)cc1C.[Ir].[c-]1ccccc1-c1nc2ccc(-c3ccccc3)cc2n1-c1ccccc1. The minimum atomic E-state index is 0. The molecule has 7 aromatic rings. The number of hydrogen-bond acceptors (Lipinski definition) is 2. The smallest absolute Gasteiger partial charge is 0.0774 e. The molecule has 0 N–H and O–H groups in total. The molecule has 4 heteroatoms. The number of aryl methyl sites for hydroxylation is 2. The Labute approximate surface area is 260 Å². The van der Waals surface area contributed by atoms with E-state index < -0.39 is 0 Å². The maximum atomic E-state index is 4.93. The van der Waals surface area contributed by atoms with Crippen molar-refractivity contribution >= 4 is 11.0 Å². The van der Waals surface area contributed by atoms with Crippen LogP contribution in [-0.2, 0) is 20.1 Å². The first kappa shape index (κ1) is 28.9. The first-order chi connectivity index (χ1) is 20.2. The van der Waals surface area contributed by atoms with Crippen molar-refractivity contribution in [3.63, 3.8) is 0 Å². The molecule has 0 saturated carbocycles. The molecule has 0 amide bonds. The molecular weight excluding hydrogens is 691 g/mol. The molecular formula is C38H29IrN3-2. The van der Waals surface area contributed by atoms with Gasteiger partial charge in [-0.2, -0.15) is 0 Å². The summed E-state index contributed by atoms with van der Waals surface area (Å²) in [6.45, 7) is 4.17. The summed E-state index contributed by atoms with van der Waals surface area (Å²) in [6, 6.07) is 51.8. The first-order valence-electron chi connectivity index (χ1n) is 13.7. The van der Waals surface area contributed by atoms with E-state index in [-0.39, 0.29) is 20.1 Å². The number of fused-ring (bicyclic) bond motifs is 1. The van der Waals surface area contributed by atoms with E-state index in [4.69, 9.17) is 4.98 Å². The third-order valence-electron chi connectivity index (χ3n) is 7.08. The Morgan fingerprint density at radius 2 is 1.24 bits per heavy atom. The van der Waals surface area contributed by atoms with E-state index in [9.17, 15) is 0 Å². The molecule has 0 unspecified atom stereocenters. The summed E-state index contributed by atoms with van der Waals surface area (Å²) in [5.41, 5.74) is 11.1. The molecule has 0 spiro atoms. The molecule has 5 aromatic carbocycles. The van der Waals surface area contributed by atoms with Crippen molar-refractivity contribution in [2.45, 2.75) is 13.8 Å². The summed E-state index contributed by atoms with van der Waals surface area (Å²) >= 11 is 0. The molecule has 207 valence electrons. The molecule has 2 heterocycles. The van der Waals surface area contributed by atoms with Crippen molar-refractivity contribution < 1.29 is 20.1 Å². The number of hydrogen-bond donors (Lipinski definition) is 0. The fourth-order valence-corrected chi connectivity index (χ4v) is 4.76. The van der Waals surface area contributed by atoms with Crippen LogP contribution in [0.25, 0.3) is 50.5 Å². The number of nitrogens with zero attached hydrogens (tertiary/aromatic N) is 3. The second-order valence-corrected chi connectivity index (χ2v) is 9.88. The molecule has 0 aliphatic rings. The van der Waals surface area contributed by atoms with Crippen LogP contribution in [0, 0.1) is 26.0 Å². The van der Waals surface area contributed by atoms with Crippen LogP contribution < -0.4 is 0 Å². The Morgan fingerprint density at radius 1 is 0.595 bits per heavy atom. The van der Waals surface area contributed by atoms with E-state index in [1.54, 1.807) is 0 Å². The van der Waals surface area contributed by atoms with E-state index >= 15 is 0 Å². The van der Waals surface area contributed by atoms with Crippen LogP contribution in [0.4, 0.5) is 0 Å². The number of benzene rings is 5. The van der Waals surface area contributed by atoms with Gasteiger partial charge in [-0.1, -0.05) is 66.2 Å². The zero-order chi connectivity index (χ0) is 28.0. The molecule has 0 saturated heterocycles. The number of para-hydroxylation sites is 1. The number of aromatic nitrogens is 3. The van der Waals surface area contributed by atoms with Crippen LogP contribution >= 0.6 is 0 Å². The molecule has 1 radical (unpaired) electrons. The topological polar surface area (TPSA) is 30.7 Å². The standard InChI is InChI=1S/C25H17N2.C13H12N.Ir/c1-4-10-19(11-5-1)21-16-17-23-24(18-21)27(22-14-8-3-9-15-22)25(26-23)20-12-6-2-7-13-20;1-10-8-13(14-9-11(10)2)12-6-4-3-5-7-12;/h1-12,14-18H;3-6,8-9H,1-2H3;/q2*-1;. The summed E-state index contributed by atoms with van der Waals surface area (Å²) in [7, 11) is 0. The van der Waals surface area contributed by atoms with Gasteiger partial charge < -0.3 is 9.55 Å². The predicted molar refractivity (Wildman–Crippen MR) is 169 cm³/mol. The third kappa shape index (κ3) is 6.31. The Bertz CT molecular complexity index is 1880. The maximum Gasteiger partial charge on any atom is 0.0774 e. The molecule has 42 heavy (non-hydrogen) atoms. The average molecular weight is 720 g/mol. The fourth-order valence-electron chi connectivity index (χ4n) is 4.76. The van der Waals surface area contributed by atoms with Crippen molar-refractivity contribution in [3.8, 4) is 39.5 Å². The van der Waals surface area contributed by atoms with Crippen molar-refractivity contribution in [1.29, 1.82) is 0 Å². The molecule has 0 aliphatic heterocycles. The zero-order valence-electron chi connectivity index (χ0n) is 23.5. The van der Waals surface area contributed by atoms with Gasteiger partial charge in [0, 0.05) is 32.0 Å². The zero-order valence-corrected chi connectivity index (χ0v) is 25.8. The molecule has 0 atom stereocenters. The van der Waals surface area contributed by atoms with E-state index in [0.29, 0.717) is 0 Å². The fraction of sp³-hybridized carbons (Fsp3) is 0.0526. The normalized spacial score (nSPS) is 10.4. The molecule has 0 fully saturated rings. The number of pyridine rings is 1. The van der Waals surface area contributed by atoms with Gasteiger partial charge in [-0.25, -0.2) is 0 Å². The van der Waals surface area contributed by atoms with Crippen LogP contribution in [0.5, 0.6) is 0 Å². The van der Waals surface area contributed by atoms with Crippen LogP contribution in [0.1, 0.15) is 11.1 Å². The summed E-state index contributed by atoms with van der Waals surface area (Å²) in [5, 5.41) is 0. The van der Waals surface area contributed by atoms with Crippen LogP contribution in [0.2, 0.25) is 0 Å². The third-order valence-corrected chi connectivity index (χ3v) is 7.08. The minimum Gasteiger partial charge on any atom is -0.333 e. The van der Waals surface area contributed by atoms with Crippen molar-refractivity contribution in [2.75, 3.05) is 0 Å². The Kier molecular flexibility index (Phi) is 9.18. The van der Waals surface area contributed by atoms with Crippen molar-refractivity contribution in [3.05, 3.63) is 163 Å². The van der Waals surface area contributed by atoms with Gasteiger partial charge >= 0.3 is 0 Å². The monoisotopic (exact) mass is 720 g/mol. The van der Waals surface area contributed by atoms with Crippen molar-refractivity contribution in [2.24, 2.45) is 0 Å². The van der Waals surface area contributed by atoms with E-state index in [2.05, 4.69) is 114 Å². The summed E-state index contributed by atoms with van der Waals surface area (Å²) < 4.78 is 2.22. The van der Waals surface area contributed by atoms with Gasteiger partial charge in [-0.05, 0) is 60.5 Å². The van der Waals surface area contributed by atoms with E-state index in [1.165, 1.54) is 22.3 Å². The number of imidazole rings is 1. The van der Waals surface area contributed by atoms with Gasteiger partial charge in [-0.15, -0.1) is 71.8 Å². The van der Waals surface area contributed by atoms with E-state index in [1.807, 2.05) is 60.8 Å². The van der Waals surface area contributed by atoms with Gasteiger partial charge in [0.15, 0.2) is 0 Å². The van der Waals surface area contributed by atoms with Gasteiger partial charge in [0.2, 0.25) is 0 Å². The number of rotatable bonds is 4. The summed E-state index contributed by atoms with van der Waals surface area (Å²) in [6.07, 6.45) is 1.91. The Morgan fingerprint density at radius 3 is 1.88 bits per heavy atom. The van der Waals surface area contributed by atoms with E-state index in [0.717, 1.165) is 39.4 Å². The second-order valence-electron chi connectivity index (χ2n) is 9.88. The van der Waals surface area contributed by atoms with Crippen LogP contribution in [0.3, 0.4) is 0 Å². The minimum absolute atomic E-state index is 0. The maximum absolute atomic E-state index is 4.93. The second kappa shape index (κ2) is 13.4. The molecule has 2 aromatic heterocycles. The van der Waals surface area contributed by atoms with Crippen molar-refractivity contribution in [1.82, 2.24) is 14.5 Å². The summed E-state index contributed by atoms with van der Waals surface area (Å²) in [5.74, 6) is 0.905. The van der Waals surface area contributed by atoms with Gasteiger partial charge in [-0.3, -0.25) is 4.98 Å². The molecule has 7 rings (SSSR count). The van der Waals surface area contributed by atoms with Gasteiger partial charge in [0.1, 0.15) is 0 Å². The molecule has 3 nitrogen and oxygen atoms in total. The average Bonchev–Trinajstić information content (AvgIpc) is 3.43. The Hall–Kier alpha value is -4.63. The quantitative estimate of drug-likeness (QED) is 0.170. The molecule has 0 bridgehead atoms. The van der Waals surface area contributed by atoms with Gasteiger partial charge in [0.05, 0.1) is 16.9 Å². The predicted octanol–water partition coefficient (Wildman–Crippen LogP) is 9.32. The Balaban J connectivity index is 0.000000200. The van der Waals surface area contributed by atoms with Crippen LogP contribution in [-0.4, -0.2) is 14.5 Å². The summed E-state index contributed by atoms with van der Waals surface area (Å²) in [4.78, 5) is 9.30. The largest absolute Gasteiger partial charge is 0.333 e. The molecule has 0 aliphatic carbocycles.